The molecule has 0 radical (unpaired) electrons. The van der Waals surface area contributed by atoms with E-state index in [-0.39, 0.29) is 12.6 Å². The summed E-state index contributed by atoms with van der Waals surface area (Å²) < 4.78 is 0. The van der Waals surface area contributed by atoms with Crippen molar-refractivity contribution in [2.45, 2.75) is 19.6 Å². The number of aliphatic hydroxyl groups is 1. The van der Waals surface area contributed by atoms with E-state index in [2.05, 4.69) is 6.58 Å². The molecule has 0 aliphatic rings. The van der Waals surface area contributed by atoms with Gasteiger partial charge >= 0.3 is 0 Å². The molecule has 3 N–H and O–H groups in total. The second-order valence-corrected chi connectivity index (χ2v) is 3.12. The first-order valence-corrected chi connectivity index (χ1v) is 4.27. The summed E-state index contributed by atoms with van der Waals surface area (Å²) in [6, 6.07) is 5.65. The molecule has 0 amide bonds. The van der Waals surface area contributed by atoms with Gasteiger partial charge in [-0.05, 0) is 18.1 Å². The first-order chi connectivity index (χ1) is 6.19. The number of aliphatic hydroxyl groups excluding tert-OH is 1. The van der Waals surface area contributed by atoms with Crippen molar-refractivity contribution in [1.82, 2.24) is 0 Å². The van der Waals surface area contributed by atoms with Crippen molar-refractivity contribution in [1.29, 1.82) is 0 Å². The summed E-state index contributed by atoms with van der Waals surface area (Å²) in [6.07, 6.45) is 1.67. The van der Waals surface area contributed by atoms with Gasteiger partial charge in [0.1, 0.15) is 0 Å². The minimum absolute atomic E-state index is 0.0250. The van der Waals surface area contributed by atoms with E-state index in [1.54, 1.807) is 6.08 Å². The van der Waals surface area contributed by atoms with Crippen LogP contribution in [-0.2, 0) is 6.61 Å². The lowest BCUT2D eigenvalue weighted by Crippen LogP contribution is -2.09. The highest BCUT2D eigenvalue weighted by atomic mass is 16.3. The third-order valence-electron chi connectivity index (χ3n) is 2.08. The van der Waals surface area contributed by atoms with Crippen molar-refractivity contribution in [3.63, 3.8) is 0 Å². The SMILES string of the molecule is C=CC(N)c1cc(C)ccc1CO. The topological polar surface area (TPSA) is 46.2 Å². The Balaban J connectivity index is 3.14. The van der Waals surface area contributed by atoms with Crippen LogP contribution in [0.2, 0.25) is 0 Å². The number of nitrogens with two attached hydrogens (primary N) is 1. The maximum Gasteiger partial charge on any atom is 0.0685 e. The second kappa shape index (κ2) is 4.21. The maximum atomic E-state index is 9.06. The average Bonchev–Trinajstić information content (AvgIpc) is 2.16. The summed E-state index contributed by atoms with van der Waals surface area (Å²) >= 11 is 0. The van der Waals surface area contributed by atoms with Gasteiger partial charge in [0.05, 0.1) is 6.61 Å². The van der Waals surface area contributed by atoms with Gasteiger partial charge in [-0.3, -0.25) is 0 Å². The van der Waals surface area contributed by atoms with Crippen LogP contribution in [-0.4, -0.2) is 5.11 Å². The molecule has 0 aliphatic heterocycles. The lowest BCUT2D eigenvalue weighted by molar-refractivity contribution is 0.280. The van der Waals surface area contributed by atoms with Crippen molar-refractivity contribution < 1.29 is 5.11 Å². The molecule has 2 nitrogen and oxygen atoms in total. The highest BCUT2D eigenvalue weighted by Crippen LogP contribution is 2.18. The molecule has 0 heterocycles. The predicted molar refractivity (Wildman–Crippen MR) is 54.2 cm³/mol. The molecular formula is C11H15NO. The van der Waals surface area contributed by atoms with E-state index in [4.69, 9.17) is 10.8 Å². The van der Waals surface area contributed by atoms with Gasteiger partial charge in [0, 0.05) is 6.04 Å². The normalized spacial score (nSPS) is 12.5. The fourth-order valence-corrected chi connectivity index (χ4v) is 1.30. The van der Waals surface area contributed by atoms with Crippen LogP contribution >= 0.6 is 0 Å². The third-order valence-corrected chi connectivity index (χ3v) is 2.08. The molecule has 0 saturated carbocycles. The number of benzene rings is 1. The zero-order valence-electron chi connectivity index (χ0n) is 7.83. The van der Waals surface area contributed by atoms with E-state index in [0.29, 0.717) is 0 Å². The van der Waals surface area contributed by atoms with E-state index in [0.717, 1.165) is 16.7 Å². The smallest absolute Gasteiger partial charge is 0.0685 e. The third kappa shape index (κ3) is 2.17. The van der Waals surface area contributed by atoms with Crippen LogP contribution in [0.25, 0.3) is 0 Å². The van der Waals surface area contributed by atoms with E-state index >= 15 is 0 Å². The number of aryl methyl sites for hydroxylation is 1. The molecule has 0 aromatic heterocycles. The standard InChI is InChI=1S/C11H15NO/c1-3-11(12)10-6-8(2)4-5-9(10)7-13/h3-6,11,13H,1,7,12H2,2H3. The molecule has 1 unspecified atom stereocenters. The van der Waals surface area contributed by atoms with Crippen LogP contribution in [0.3, 0.4) is 0 Å². The Morgan fingerprint density at radius 2 is 2.31 bits per heavy atom. The second-order valence-electron chi connectivity index (χ2n) is 3.12. The molecule has 0 spiro atoms. The molecule has 1 atom stereocenters. The Bertz CT molecular complexity index is 307. The number of rotatable bonds is 3. The van der Waals surface area contributed by atoms with E-state index in [1.165, 1.54) is 0 Å². The highest BCUT2D eigenvalue weighted by Gasteiger charge is 2.06. The van der Waals surface area contributed by atoms with Crippen molar-refractivity contribution in [2.24, 2.45) is 5.73 Å². The predicted octanol–water partition coefficient (Wildman–Crippen LogP) is 1.67. The van der Waals surface area contributed by atoms with Gasteiger partial charge in [0.2, 0.25) is 0 Å². The average molecular weight is 177 g/mol. The Morgan fingerprint density at radius 3 is 2.85 bits per heavy atom. The summed E-state index contributed by atoms with van der Waals surface area (Å²) in [4.78, 5) is 0. The van der Waals surface area contributed by atoms with Crippen molar-refractivity contribution in [3.8, 4) is 0 Å². The molecule has 0 bridgehead atoms. The van der Waals surface area contributed by atoms with Crippen LogP contribution in [0.5, 0.6) is 0 Å². The first-order valence-electron chi connectivity index (χ1n) is 4.27. The summed E-state index contributed by atoms with van der Waals surface area (Å²) in [5.41, 5.74) is 8.78. The van der Waals surface area contributed by atoms with E-state index in [9.17, 15) is 0 Å². The zero-order chi connectivity index (χ0) is 9.84. The molecule has 13 heavy (non-hydrogen) atoms. The molecule has 1 aromatic carbocycles. The molecule has 0 aliphatic carbocycles. The van der Waals surface area contributed by atoms with Crippen LogP contribution < -0.4 is 5.73 Å². The Kier molecular flexibility index (Phi) is 3.23. The van der Waals surface area contributed by atoms with Crippen LogP contribution in [0.1, 0.15) is 22.7 Å². The summed E-state index contributed by atoms with van der Waals surface area (Å²) in [6.45, 7) is 5.66. The van der Waals surface area contributed by atoms with Crippen LogP contribution in [0.4, 0.5) is 0 Å². The van der Waals surface area contributed by atoms with Gasteiger partial charge in [-0.25, -0.2) is 0 Å². The Labute approximate surface area is 78.7 Å². The molecule has 0 fully saturated rings. The maximum absolute atomic E-state index is 9.06. The molecule has 1 aromatic rings. The van der Waals surface area contributed by atoms with Gasteiger partial charge in [-0.2, -0.15) is 0 Å². The van der Waals surface area contributed by atoms with Gasteiger partial charge in [-0.1, -0.05) is 29.8 Å². The van der Waals surface area contributed by atoms with E-state index < -0.39 is 0 Å². The molecule has 0 saturated heterocycles. The fraction of sp³-hybridized carbons (Fsp3) is 0.273. The van der Waals surface area contributed by atoms with Crippen molar-refractivity contribution >= 4 is 0 Å². The van der Waals surface area contributed by atoms with Gasteiger partial charge in [-0.15, -0.1) is 6.58 Å². The minimum atomic E-state index is -0.193. The summed E-state index contributed by atoms with van der Waals surface area (Å²) in [5.74, 6) is 0. The molecular weight excluding hydrogens is 162 g/mol. The van der Waals surface area contributed by atoms with Gasteiger partial charge in [0.25, 0.3) is 0 Å². The van der Waals surface area contributed by atoms with Gasteiger partial charge < -0.3 is 10.8 Å². The van der Waals surface area contributed by atoms with Crippen molar-refractivity contribution in [3.05, 3.63) is 47.5 Å². The first kappa shape index (κ1) is 9.96. The van der Waals surface area contributed by atoms with Crippen LogP contribution in [0.15, 0.2) is 30.9 Å². The van der Waals surface area contributed by atoms with E-state index in [1.807, 2.05) is 25.1 Å². The number of hydrogen-bond donors (Lipinski definition) is 2. The molecule has 2 heteroatoms. The van der Waals surface area contributed by atoms with Gasteiger partial charge in [0.15, 0.2) is 0 Å². The van der Waals surface area contributed by atoms with Crippen molar-refractivity contribution in [2.75, 3.05) is 0 Å². The zero-order valence-corrected chi connectivity index (χ0v) is 7.83. The summed E-state index contributed by atoms with van der Waals surface area (Å²) in [5, 5.41) is 9.06. The highest BCUT2D eigenvalue weighted by molar-refractivity contribution is 5.35. The minimum Gasteiger partial charge on any atom is -0.392 e. The fourth-order valence-electron chi connectivity index (χ4n) is 1.30. The monoisotopic (exact) mass is 177 g/mol. The number of hydrogen-bond acceptors (Lipinski definition) is 2. The molecule has 1 rings (SSSR count). The molecule has 70 valence electrons. The lowest BCUT2D eigenvalue weighted by Gasteiger charge is -2.12. The lowest BCUT2D eigenvalue weighted by atomic mass is 9.99. The Morgan fingerprint density at radius 1 is 1.62 bits per heavy atom. The summed E-state index contributed by atoms with van der Waals surface area (Å²) in [7, 11) is 0. The quantitative estimate of drug-likeness (QED) is 0.690. The Hall–Kier alpha value is -1.12. The largest absolute Gasteiger partial charge is 0.392 e. The van der Waals surface area contributed by atoms with Crippen LogP contribution in [0, 0.1) is 6.92 Å².